The van der Waals surface area contributed by atoms with Crippen molar-refractivity contribution in [3.05, 3.63) is 29.6 Å². The Morgan fingerprint density at radius 2 is 2.12 bits per heavy atom. The van der Waals surface area contributed by atoms with Crippen LogP contribution in [0.2, 0.25) is 0 Å². The number of hydrogen-bond donors (Lipinski definition) is 2. The molecule has 0 amide bonds. The maximum atomic E-state index is 13.9. The Balaban J connectivity index is 3.07. The smallest absolute Gasteiger partial charge is 0.146 e. The van der Waals surface area contributed by atoms with Crippen molar-refractivity contribution in [1.29, 1.82) is 0 Å². The van der Waals surface area contributed by atoms with Crippen molar-refractivity contribution in [3.8, 4) is 0 Å². The molecule has 0 saturated heterocycles. The molecule has 0 aliphatic rings. The van der Waals surface area contributed by atoms with Gasteiger partial charge in [0.05, 0.1) is 5.69 Å². The highest BCUT2D eigenvalue weighted by molar-refractivity contribution is 5.55. The zero-order chi connectivity index (χ0) is 12.8. The summed E-state index contributed by atoms with van der Waals surface area (Å²) >= 11 is 0. The van der Waals surface area contributed by atoms with Gasteiger partial charge < -0.3 is 15.7 Å². The lowest BCUT2D eigenvalue weighted by Gasteiger charge is -2.31. The van der Waals surface area contributed by atoms with Crippen LogP contribution in [0, 0.1) is 5.82 Å². The Kier molecular flexibility index (Phi) is 5.38. The third kappa shape index (κ3) is 3.41. The van der Waals surface area contributed by atoms with Gasteiger partial charge in [-0.1, -0.05) is 12.1 Å². The third-order valence-corrected chi connectivity index (χ3v) is 2.76. The van der Waals surface area contributed by atoms with Gasteiger partial charge in [0.15, 0.2) is 0 Å². The molecule has 0 radical (unpaired) electrons. The zero-order valence-electron chi connectivity index (χ0n) is 10.5. The van der Waals surface area contributed by atoms with Gasteiger partial charge in [0.2, 0.25) is 0 Å². The largest absolute Gasteiger partial charge is 0.396 e. The number of anilines is 1. The van der Waals surface area contributed by atoms with E-state index in [2.05, 4.69) is 0 Å². The van der Waals surface area contributed by atoms with E-state index in [1.807, 2.05) is 24.8 Å². The van der Waals surface area contributed by atoms with Crippen molar-refractivity contribution in [1.82, 2.24) is 0 Å². The number of aliphatic hydroxyl groups excluding tert-OH is 1. The predicted octanol–water partition coefficient (Wildman–Crippen LogP) is 1.88. The summed E-state index contributed by atoms with van der Waals surface area (Å²) in [6.45, 7) is 5.06. The quantitative estimate of drug-likeness (QED) is 0.798. The van der Waals surface area contributed by atoms with Crippen molar-refractivity contribution in [2.75, 3.05) is 18.1 Å². The van der Waals surface area contributed by atoms with Crippen molar-refractivity contribution >= 4 is 5.69 Å². The monoisotopic (exact) mass is 240 g/mol. The van der Waals surface area contributed by atoms with Crippen LogP contribution in [0.5, 0.6) is 0 Å². The summed E-state index contributed by atoms with van der Waals surface area (Å²) in [6, 6.07) is 5.13. The number of aliphatic hydroxyl groups is 1. The zero-order valence-corrected chi connectivity index (χ0v) is 10.5. The first-order valence-corrected chi connectivity index (χ1v) is 5.96. The van der Waals surface area contributed by atoms with E-state index in [1.54, 1.807) is 6.07 Å². The molecule has 0 heterocycles. The highest BCUT2D eigenvalue weighted by Crippen LogP contribution is 2.26. The molecule has 0 unspecified atom stereocenters. The lowest BCUT2D eigenvalue weighted by atomic mass is 10.1. The van der Waals surface area contributed by atoms with Crippen LogP contribution in [-0.4, -0.2) is 24.3 Å². The van der Waals surface area contributed by atoms with E-state index in [0.717, 1.165) is 5.56 Å². The fourth-order valence-electron chi connectivity index (χ4n) is 1.92. The lowest BCUT2D eigenvalue weighted by Crippen LogP contribution is -2.34. The lowest BCUT2D eigenvalue weighted by molar-refractivity contribution is 0.288. The number of hydrogen-bond acceptors (Lipinski definition) is 3. The van der Waals surface area contributed by atoms with Gasteiger partial charge in [0, 0.05) is 25.7 Å². The Labute approximate surface area is 102 Å². The number of para-hydroxylation sites is 1. The molecule has 0 saturated carbocycles. The van der Waals surface area contributed by atoms with Crippen molar-refractivity contribution in [2.45, 2.75) is 32.9 Å². The Morgan fingerprint density at radius 1 is 1.41 bits per heavy atom. The molecule has 3 nitrogen and oxygen atoms in total. The van der Waals surface area contributed by atoms with E-state index in [0.29, 0.717) is 25.2 Å². The van der Waals surface area contributed by atoms with E-state index in [4.69, 9.17) is 10.8 Å². The van der Waals surface area contributed by atoms with E-state index in [1.165, 1.54) is 6.07 Å². The molecule has 0 aliphatic carbocycles. The molecule has 96 valence electrons. The molecule has 0 aromatic heterocycles. The Hall–Kier alpha value is -1.13. The minimum atomic E-state index is -0.250. The van der Waals surface area contributed by atoms with Gasteiger partial charge in [0.25, 0.3) is 0 Å². The molecule has 1 aromatic rings. The van der Waals surface area contributed by atoms with Crippen LogP contribution >= 0.6 is 0 Å². The topological polar surface area (TPSA) is 49.5 Å². The molecule has 3 N–H and O–H groups in total. The van der Waals surface area contributed by atoms with Gasteiger partial charge in [-0.25, -0.2) is 4.39 Å². The second kappa shape index (κ2) is 6.57. The van der Waals surface area contributed by atoms with Crippen molar-refractivity contribution < 1.29 is 9.50 Å². The van der Waals surface area contributed by atoms with E-state index < -0.39 is 0 Å². The van der Waals surface area contributed by atoms with E-state index in [9.17, 15) is 4.39 Å². The second-order valence-electron chi connectivity index (χ2n) is 4.32. The number of nitrogens with zero attached hydrogens (tertiary/aromatic N) is 1. The first-order chi connectivity index (χ1) is 8.11. The number of halogens is 1. The average molecular weight is 240 g/mol. The molecule has 0 aliphatic heterocycles. The molecule has 0 spiro atoms. The summed E-state index contributed by atoms with van der Waals surface area (Å²) in [4.78, 5) is 1.95. The molecular formula is C13H21FN2O. The van der Waals surface area contributed by atoms with Crippen LogP contribution < -0.4 is 10.6 Å². The predicted molar refractivity (Wildman–Crippen MR) is 68.5 cm³/mol. The fourth-order valence-corrected chi connectivity index (χ4v) is 1.92. The summed E-state index contributed by atoms with van der Waals surface area (Å²) in [5.41, 5.74) is 7.01. The molecule has 0 fully saturated rings. The van der Waals surface area contributed by atoms with Crippen LogP contribution in [0.3, 0.4) is 0 Å². The number of nitrogens with two attached hydrogens (primary N) is 1. The highest BCUT2D eigenvalue weighted by Gasteiger charge is 2.17. The van der Waals surface area contributed by atoms with E-state index in [-0.39, 0.29) is 18.5 Å². The molecule has 1 rings (SSSR count). The molecule has 4 heteroatoms. The van der Waals surface area contributed by atoms with Crippen LogP contribution in [0.15, 0.2) is 18.2 Å². The van der Waals surface area contributed by atoms with Crippen molar-refractivity contribution in [2.24, 2.45) is 5.73 Å². The van der Waals surface area contributed by atoms with E-state index >= 15 is 0 Å². The first kappa shape index (κ1) is 13.9. The average Bonchev–Trinajstić information content (AvgIpc) is 2.30. The summed E-state index contributed by atoms with van der Waals surface area (Å²) in [7, 11) is 0. The van der Waals surface area contributed by atoms with Gasteiger partial charge in [-0.2, -0.15) is 0 Å². The minimum Gasteiger partial charge on any atom is -0.396 e. The SMILES string of the molecule is CC(C)N(CCCO)c1c(F)cccc1CN. The second-order valence-corrected chi connectivity index (χ2v) is 4.32. The molecule has 1 aromatic carbocycles. The molecule has 0 bridgehead atoms. The Morgan fingerprint density at radius 3 is 2.65 bits per heavy atom. The molecular weight excluding hydrogens is 219 g/mol. The normalized spacial score (nSPS) is 10.9. The van der Waals surface area contributed by atoms with Gasteiger partial charge in [-0.15, -0.1) is 0 Å². The number of benzene rings is 1. The van der Waals surface area contributed by atoms with Gasteiger partial charge >= 0.3 is 0 Å². The Bertz CT molecular complexity index is 355. The summed E-state index contributed by atoms with van der Waals surface area (Å²) < 4.78 is 13.9. The van der Waals surface area contributed by atoms with Crippen LogP contribution in [0.1, 0.15) is 25.8 Å². The van der Waals surface area contributed by atoms with Crippen LogP contribution in [-0.2, 0) is 6.54 Å². The maximum Gasteiger partial charge on any atom is 0.146 e. The standard InChI is InChI=1S/C13H21FN2O/c1-10(2)16(7-4-8-17)13-11(9-15)5-3-6-12(13)14/h3,5-6,10,17H,4,7-9,15H2,1-2H3. The highest BCUT2D eigenvalue weighted by atomic mass is 19.1. The summed E-state index contributed by atoms with van der Waals surface area (Å²) in [5, 5.41) is 8.89. The van der Waals surface area contributed by atoms with Crippen LogP contribution in [0.25, 0.3) is 0 Å². The van der Waals surface area contributed by atoms with Crippen molar-refractivity contribution in [3.63, 3.8) is 0 Å². The molecule has 17 heavy (non-hydrogen) atoms. The van der Waals surface area contributed by atoms with Crippen LogP contribution in [0.4, 0.5) is 10.1 Å². The number of rotatable bonds is 6. The minimum absolute atomic E-state index is 0.107. The fraction of sp³-hybridized carbons (Fsp3) is 0.538. The first-order valence-electron chi connectivity index (χ1n) is 5.96. The molecule has 0 atom stereocenters. The third-order valence-electron chi connectivity index (χ3n) is 2.76. The van der Waals surface area contributed by atoms with Gasteiger partial charge in [0.1, 0.15) is 5.82 Å². The maximum absolute atomic E-state index is 13.9. The van der Waals surface area contributed by atoms with Gasteiger partial charge in [-0.05, 0) is 31.9 Å². The summed E-state index contributed by atoms with van der Waals surface area (Å²) in [5.74, 6) is -0.250. The van der Waals surface area contributed by atoms with Gasteiger partial charge in [-0.3, -0.25) is 0 Å². The summed E-state index contributed by atoms with van der Waals surface area (Å²) in [6.07, 6.45) is 0.622.